The fourth-order valence-electron chi connectivity index (χ4n) is 2.94. The van der Waals surface area contributed by atoms with Gasteiger partial charge >= 0.3 is 0 Å². The van der Waals surface area contributed by atoms with Crippen molar-refractivity contribution >= 4 is 23.3 Å². The van der Waals surface area contributed by atoms with E-state index >= 15 is 0 Å². The summed E-state index contributed by atoms with van der Waals surface area (Å²) in [6.45, 7) is 3.04. The zero-order valence-electron chi connectivity index (χ0n) is 14.0. The standard InChI is InChI=1S/C18H19ClN4O2/c1-2-25-15-10-12(9-14(19)17(15)24)8-13(11-20)18-22-21-16-6-4-3-5-7-23(16)18/h8-10,24H,2-7H2,1H3/b13-8+. The molecule has 0 saturated heterocycles. The summed E-state index contributed by atoms with van der Waals surface area (Å²) in [6, 6.07) is 5.45. The van der Waals surface area contributed by atoms with Crippen LogP contribution < -0.4 is 4.74 Å². The Kier molecular flexibility index (Phi) is 5.25. The van der Waals surface area contributed by atoms with Crippen LogP contribution in [0.4, 0.5) is 0 Å². The van der Waals surface area contributed by atoms with Crippen molar-refractivity contribution in [2.24, 2.45) is 0 Å². The number of aromatic nitrogens is 3. The van der Waals surface area contributed by atoms with E-state index in [1.54, 1.807) is 18.2 Å². The predicted octanol–water partition coefficient (Wildman–Crippen LogP) is 3.83. The van der Waals surface area contributed by atoms with Gasteiger partial charge in [0.25, 0.3) is 0 Å². The van der Waals surface area contributed by atoms with Crippen LogP contribution in [0, 0.1) is 11.3 Å². The minimum Gasteiger partial charge on any atom is -0.503 e. The number of rotatable bonds is 4. The highest BCUT2D eigenvalue weighted by atomic mass is 35.5. The Hall–Kier alpha value is -2.52. The average molecular weight is 359 g/mol. The molecule has 0 spiro atoms. The summed E-state index contributed by atoms with van der Waals surface area (Å²) in [6.07, 6.45) is 5.87. The number of aryl methyl sites for hydroxylation is 1. The molecule has 1 N–H and O–H groups in total. The molecule has 0 radical (unpaired) electrons. The molecule has 0 amide bonds. The summed E-state index contributed by atoms with van der Waals surface area (Å²) in [5, 5.41) is 28.2. The van der Waals surface area contributed by atoms with E-state index in [-0.39, 0.29) is 10.8 Å². The van der Waals surface area contributed by atoms with Crippen LogP contribution in [0.2, 0.25) is 5.02 Å². The van der Waals surface area contributed by atoms with Crippen LogP contribution in [-0.4, -0.2) is 26.5 Å². The first-order valence-electron chi connectivity index (χ1n) is 8.33. The third-order valence-electron chi connectivity index (χ3n) is 4.13. The predicted molar refractivity (Wildman–Crippen MR) is 95.3 cm³/mol. The molecule has 2 heterocycles. The van der Waals surface area contributed by atoms with E-state index in [1.807, 2.05) is 11.5 Å². The highest BCUT2D eigenvalue weighted by Crippen LogP contribution is 2.36. The third-order valence-corrected chi connectivity index (χ3v) is 4.42. The van der Waals surface area contributed by atoms with E-state index in [1.165, 1.54) is 0 Å². The number of phenols is 1. The van der Waals surface area contributed by atoms with Crippen LogP contribution >= 0.6 is 11.6 Å². The second-order valence-electron chi connectivity index (χ2n) is 5.85. The summed E-state index contributed by atoms with van der Waals surface area (Å²) >= 11 is 6.07. The smallest absolute Gasteiger partial charge is 0.176 e. The van der Waals surface area contributed by atoms with Gasteiger partial charge in [-0.15, -0.1) is 10.2 Å². The van der Waals surface area contributed by atoms with Gasteiger partial charge in [-0.3, -0.25) is 0 Å². The number of phenolic OH excluding ortho intramolecular Hbond substituents is 1. The molecule has 1 aromatic carbocycles. The Bertz CT molecular complexity index is 851. The van der Waals surface area contributed by atoms with Crippen LogP contribution in [0.1, 0.15) is 43.4 Å². The molecule has 25 heavy (non-hydrogen) atoms. The number of halogens is 1. The van der Waals surface area contributed by atoms with E-state index in [0.29, 0.717) is 29.3 Å². The summed E-state index contributed by atoms with van der Waals surface area (Å²) < 4.78 is 7.41. The zero-order chi connectivity index (χ0) is 17.8. The molecule has 6 nitrogen and oxygen atoms in total. The van der Waals surface area contributed by atoms with Gasteiger partial charge in [0, 0.05) is 13.0 Å². The fourth-order valence-corrected chi connectivity index (χ4v) is 3.16. The largest absolute Gasteiger partial charge is 0.503 e. The highest BCUT2D eigenvalue weighted by molar-refractivity contribution is 6.32. The van der Waals surface area contributed by atoms with Gasteiger partial charge in [-0.05, 0) is 43.5 Å². The van der Waals surface area contributed by atoms with Crippen molar-refractivity contribution in [3.8, 4) is 17.6 Å². The van der Waals surface area contributed by atoms with Crippen LogP contribution in [0.5, 0.6) is 11.5 Å². The molecule has 1 aromatic heterocycles. The van der Waals surface area contributed by atoms with E-state index in [0.717, 1.165) is 38.1 Å². The van der Waals surface area contributed by atoms with Crippen LogP contribution in [0.3, 0.4) is 0 Å². The molecule has 0 saturated carbocycles. The normalized spacial score (nSPS) is 14.5. The number of hydrogen-bond donors (Lipinski definition) is 1. The van der Waals surface area contributed by atoms with Crippen LogP contribution in [-0.2, 0) is 13.0 Å². The maximum Gasteiger partial charge on any atom is 0.176 e. The summed E-state index contributed by atoms with van der Waals surface area (Å²) in [7, 11) is 0. The lowest BCUT2D eigenvalue weighted by molar-refractivity contribution is 0.318. The van der Waals surface area contributed by atoms with Crippen LogP contribution in [0.15, 0.2) is 12.1 Å². The second-order valence-corrected chi connectivity index (χ2v) is 6.26. The van der Waals surface area contributed by atoms with E-state index in [9.17, 15) is 10.4 Å². The minimum absolute atomic E-state index is 0.101. The quantitative estimate of drug-likeness (QED) is 0.840. The van der Waals surface area contributed by atoms with Gasteiger partial charge in [0.05, 0.1) is 17.2 Å². The van der Waals surface area contributed by atoms with Crippen molar-refractivity contribution in [1.82, 2.24) is 14.8 Å². The lowest BCUT2D eigenvalue weighted by Crippen LogP contribution is -2.05. The molecule has 130 valence electrons. The van der Waals surface area contributed by atoms with Gasteiger partial charge < -0.3 is 14.4 Å². The Morgan fingerprint density at radius 3 is 3.00 bits per heavy atom. The number of ether oxygens (including phenoxy) is 1. The van der Waals surface area contributed by atoms with E-state index in [4.69, 9.17) is 16.3 Å². The molecule has 1 aliphatic rings. The number of fused-ring (bicyclic) bond motifs is 1. The first kappa shape index (κ1) is 17.3. The first-order chi connectivity index (χ1) is 12.1. The van der Waals surface area contributed by atoms with Crippen molar-refractivity contribution in [3.63, 3.8) is 0 Å². The van der Waals surface area contributed by atoms with Gasteiger partial charge in [-0.1, -0.05) is 18.0 Å². The van der Waals surface area contributed by atoms with Crippen molar-refractivity contribution in [2.45, 2.75) is 39.2 Å². The molecular weight excluding hydrogens is 340 g/mol. The van der Waals surface area contributed by atoms with Gasteiger partial charge in [-0.2, -0.15) is 5.26 Å². The van der Waals surface area contributed by atoms with Gasteiger partial charge in [0.2, 0.25) is 0 Å². The third kappa shape index (κ3) is 3.62. The molecule has 0 bridgehead atoms. The SMILES string of the molecule is CCOc1cc(/C=C(\C#N)c2nnc3n2CCCCC3)cc(Cl)c1O. The maximum atomic E-state index is 9.95. The monoisotopic (exact) mass is 358 g/mol. The van der Waals surface area contributed by atoms with Crippen LogP contribution in [0.25, 0.3) is 11.6 Å². The number of allylic oxidation sites excluding steroid dienone is 1. The second kappa shape index (κ2) is 7.58. The summed E-state index contributed by atoms with van der Waals surface area (Å²) in [4.78, 5) is 0. The molecular formula is C18H19ClN4O2. The Balaban J connectivity index is 2.02. The number of nitrogens with zero attached hydrogens (tertiary/aromatic N) is 4. The van der Waals surface area contributed by atoms with E-state index in [2.05, 4.69) is 16.3 Å². The molecule has 0 unspecified atom stereocenters. The van der Waals surface area contributed by atoms with Crippen molar-refractivity contribution in [3.05, 3.63) is 34.4 Å². The zero-order valence-corrected chi connectivity index (χ0v) is 14.8. The fraction of sp³-hybridized carbons (Fsp3) is 0.389. The lowest BCUT2D eigenvalue weighted by atomic mass is 10.1. The summed E-state index contributed by atoms with van der Waals surface area (Å²) in [5.41, 5.74) is 1.07. The number of benzene rings is 1. The Morgan fingerprint density at radius 1 is 1.40 bits per heavy atom. The average Bonchev–Trinajstić information content (AvgIpc) is 2.85. The van der Waals surface area contributed by atoms with Crippen molar-refractivity contribution in [2.75, 3.05) is 6.61 Å². The number of nitriles is 1. The molecule has 0 atom stereocenters. The first-order valence-corrected chi connectivity index (χ1v) is 8.71. The topological polar surface area (TPSA) is 84.0 Å². The Labute approximate surface area is 151 Å². The molecule has 0 fully saturated rings. The summed E-state index contributed by atoms with van der Waals surface area (Å²) in [5.74, 6) is 1.68. The maximum absolute atomic E-state index is 9.95. The molecule has 1 aliphatic heterocycles. The van der Waals surface area contributed by atoms with E-state index < -0.39 is 0 Å². The highest BCUT2D eigenvalue weighted by Gasteiger charge is 2.18. The van der Waals surface area contributed by atoms with Gasteiger partial charge in [-0.25, -0.2) is 0 Å². The molecule has 2 aromatic rings. The Morgan fingerprint density at radius 2 is 2.24 bits per heavy atom. The van der Waals surface area contributed by atoms with Gasteiger partial charge in [0.1, 0.15) is 11.9 Å². The van der Waals surface area contributed by atoms with Crippen molar-refractivity contribution in [1.29, 1.82) is 5.26 Å². The number of hydrogen-bond acceptors (Lipinski definition) is 5. The molecule has 7 heteroatoms. The molecule has 3 rings (SSSR count). The van der Waals surface area contributed by atoms with Gasteiger partial charge in [0.15, 0.2) is 17.3 Å². The number of aromatic hydroxyl groups is 1. The van der Waals surface area contributed by atoms with Crippen molar-refractivity contribution < 1.29 is 9.84 Å². The lowest BCUT2D eigenvalue weighted by Gasteiger charge is -2.09. The molecule has 0 aliphatic carbocycles. The minimum atomic E-state index is -0.101.